The predicted molar refractivity (Wildman–Crippen MR) is 101 cm³/mol. The number of hydrogen-bond donors (Lipinski definition) is 1. The molecule has 0 radical (unpaired) electrons. The molecule has 1 aliphatic rings. The Balaban J connectivity index is 0.00000100. The van der Waals surface area contributed by atoms with Crippen LogP contribution in [0.1, 0.15) is 43.2 Å². The third-order valence-corrected chi connectivity index (χ3v) is 5.13. The number of nitrogens with zero attached hydrogens (tertiary/aromatic N) is 2. The molecule has 0 amide bonds. The van der Waals surface area contributed by atoms with Gasteiger partial charge >= 0.3 is 0 Å². The summed E-state index contributed by atoms with van der Waals surface area (Å²) in [6.45, 7) is 7.44. The highest BCUT2D eigenvalue weighted by atomic mass is 32.1. The van der Waals surface area contributed by atoms with Gasteiger partial charge in [-0.15, -0.1) is 11.3 Å². The van der Waals surface area contributed by atoms with Crippen LogP contribution < -0.4 is 5.73 Å². The number of hydrogen-bond acceptors (Lipinski definition) is 5. The van der Waals surface area contributed by atoms with Gasteiger partial charge in [-0.25, -0.2) is 0 Å². The van der Waals surface area contributed by atoms with Crippen LogP contribution in [0.15, 0.2) is 42.0 Å². The van der Waals surface area contributed by atoms with E-state index in [2.05, 4.69) is 34.1 Å². The van der Waals surface area contributed by atoms with Crippen LogP contribution in [0, 0.1) is 0 Å². The fraction of sp³-hybridized carbons (Fsp3) is 0.526. The standard InChI is InChI=1S/C17H23N3OS.C2H6/c18-10-16(17-11-19-13-22-17)20-8-6-15(7-9-20)21-12-14-4-2-1-3-5-14;1-2/h1-5,11,13,15-16H,6-10,12,18H2;1-2H3. The van der Waals surface area contributed by atoms with Gasteiger partial charge in [0.2, 0.25) is 0 Å². The number of rotatable bonds is 6. The summed E-state index contributed by atoms with van der Waals surface area (Å²) in [6, 6.07) is 10.7. The Morgan fingerprint density at radius 1 is 1.25 bits per heavy atom. The summed E-state index contributed by atoms with van der Waals surface area (Å²) in [6.07, 6.45) is 4.45. The van der Waals surface area contributed by atoms with Gasteiger partial charge in [0.1, 0.15) is 0 Å². The number of benzene rings is 1. The third-order valence-electron chi connectivity index (χ3n) is 4.25. The van der Waals surface area contributed by atoms with E-state index in [0.29, 0.717) is 25.3 Å². The number of piperidine rings is 1. The number of aromatic nitrogens is 1. The van der Waals surface area contributed by atoms with Gasteiger partial charge in [0, 0.05) is 30.7 Å². The molecule has 0 saturated carbocycles. The lowest BCUT2D eigenvalue weighted by molar-refractivity contribution is -0.0103. The summed E-state index contributed by atoms with van der Waals surface area (Å²) in [5.74, 6) is 0. The molecule has 5 heteroatoms. The normalized spacial score (nSPS) is 17.1. The second-order valence-corrected chi connectivity index (χ2v) is 6.61. The van der Waals surface area contributed by atoms with Crippen LogP contribution >= 0.6 is 11.3 Å². The number of thiazole rings is 1. The lowest BCUT2D eigenvalue weighted by Gasteiger charge is -2.36. The Bertz CT molecular complexity index is 539. The molecule has 0 aliphatic carbocycles. The van der Waals surface area contributed by atoms with E-state index in [1.807, 2.05) is 31.6 Å². The highest BCUT2D eigenvalue weighted by Crippen LogP contribution is 2.27. The molecule has 2 aromatic rings. The third kappa shape index (κ3) is 5.38. The van der Waals surface area contributed by atoms with Crippen molar-refractivity contribution in [3.8, 4) is 0 Å². The maximum atomic E-state index is 6.05. The Hall–Kier alpha value is -1.27. The Labute approximate surface area is 149 Å². The van der Waals surface area contributed by atoms with Gasteiger partial charge in [-0.05, 0) is 18.4 Å². The average Bonchev–Trinajstić information content (AvgIpc) is 3.19. The van der Waals surface area contributed by atoms with Gasteiger partial charge in [-0.3, -0.25) is 9.88 Å². The largest absolute Gasteiger partial charge is 0.373 e. The predicted octanol–water partition coefficient (Wildman–Crippen LogP) is 3.85. The Kier molecular flexibility index (Phi) is 8.39. The van der Waals surface area contributed by atoms with Crippen molar-refractivity contribution < 1.29 is 4.74 Å². The van der Waals surface area contributed by atoms with Crippen molar-refractivity contribution in [1.29, 1.82) is 0 Å². The lowest BCUT2D eigenvalue weighted by atomic mass is 10.0. The molecule has 24 heavy (non-hydrogen) atoms. The van der Waals surface area contributed by atoms with E-state index in [0.717, 1.165) is 25.9 Å². The van der Waals surface area contributed by atoms with Crippen LogP contribution in [0.3, 0.4) is 0 Å². The molecule has 1 aromatic carbocycles. The van der Waals surface area contributed by atoms with Crippen molar-refractivity contribution in [2.45, 2.75) is 45.4 Å². The fourth-order valence-electron chi connectivity index (χ4n) is 2.98. The molecule has 1 fully saturated rings. The summed E-state index contributed by atoms with van der Waals surface area (Å²) >= 11 is 1.69. The van der Waals surface area contributed by atoms with Crippen molar-refractivity contribution in [3.63, 3.8) is 0 Å². The van der Waals surface area contributed by atoms with Crippen molar-refractivity contribution in [2.24, 2.45) is 5.73 Å². The average molecular weight is 348 g/mol. The van der Waals surface area contributed by atoms with Crippen LogP contribution in [-0.2, 0) is 11.3 Å². The molecule has 4 nitrogen and oxygen atoms in total. The van der Waals surface area contributed by atoms with Crippen LogP contribution in [-0.4, -0.2) is 35.6 Å². The van der Waals surface area contributed by atoms with Crippen molar-refractivity contribution in [3.05, 3.63) is 52.5 Å². The molecule has 1 saturated heterocycles. The number of ether oxygens (including phenoxy) is 1. The quantitative estimate of drug-likeness (QED) is 0.862. The molecule has 1 unspecified atom stereocenters. The molecule has 2 heterocycles. The maximum Gasteiger partial charge on any atom is 0.0794 e. The van der Waals surface area contributed by atoms with E-state index >= 15 is 0 Å². The number of nitrogens with two attached hydrogens (primary N) is 1. The molecule has 0 bridgehead atoms. The molecule has 132 valence electrons. The minimum Gasteiger partial charge on any atom is -0.373 e. The van der Waals surface area contributed by atoms with Gasteiger partial charge in [-0.2, -0.15) is 0 Å². The first-order valence-electron chi connectivity index (χ1n) is 8.85. The van der Waals surface area contributed by atoms with Gasteiger partial charge in [0.15, 0.2) is 0 Å². The fourth-order valence-corrected chi connectivity index (χ4v) is 3.75. The van der Waals surface area contributed by atoms with Crippen molar-refractivity contribution in [2.75, 3.05) is 19.6 Å². The van der Waals surface area contributed by atoms with Gasteiger partial charge in [-0.1, -0.05) is 44.2 Å². The van der Waals surface area contributed by atoms with E-state index < -0.39 is 0 Å². The van der Waals surface area contributed by atoms with Crippen LogP contribution in [0.4, 0.5) is 0 Å². The minimum atomic E-state index is 0.308. The second-order valence-electron chi connectivity index (χ2n) is 5.69. The molecular formula is C19H29N3OS. The molecule has 1 aliphatic heterocycles. The highest BCUT2D eigenvalue weighted by molar-refractivity contribution is 7.09. The zero-order chi connectivity index (χ0) is 17.2. The minimum absolute atomic E-state index is 0.308. The summed E-state index contributed by atoms with van der Waals surface area (Å²) in [5.41, 5.74) is 9.10. The van der Waals surface area contributed by atoms with Crippen LogP contribution in [0.25, 0.3) is 0 Å². The second kappa shape index (κ2) is 10.6. The highest BCUT2D eigenvalue weighted by Gasteiger charge is 2.26. The Morgan fingerprint density at radius 3 is 2.54 bits per heavy atom. The lowest BCUT2D eigenvalue weighted by Crippen LogP contribution is -2.41. The zero-order valence-corrected chi connectivity index (χ0v) is 15.5. The number of likely N-dealkylation sites (tertiary alicyclic amines) is 1. The molecule has 0 spiro atoms. The van der Waals surface area contributed by atoms with Crippen LogP contribution in [0.5, 0.6) is 0 Å². The topological polar surface area (TPSA) is 51.4 Å². The monoisotopic (exact) mass is 347 g/mol. The first-order valence-corrected chi connectivity index (χ1v) is 9.73. The van der Waals surface area contributed by atoms with Crippen molar-refractivity contribution >= 4 is 11.3 Å². The van der Waals surface area contributed by atoms with E-state index in [9.17, 15) is 0 Å². The SMILES string of the molecule is CC.NCC(c1cncs1)N1CCC(OCc2ccccc2)CC1. The molecule has 1 aromatic heterocycles. The first kappa shape index (κ1) is 19.1. The van der Waals surface area contributed by atoms with Crippen molar-refractivity contribution in [1.82, 2.24) is 9.88 Å². The summed E-state index contributed by atoms with van der Waals surface area (Å²) in [7, 11) is 0. The van der Waals surface area contributed by atoms with Gasteiger partial charge in [0.05, 0.1) is 24.3 Å². The first-order chi connectivity index (χ1) is 11.9. The van der Waals surface area contributed by atoms with Crippen LogP contribution in [0.2, 0.25) is 0 Å². The van der Waals surface area contributed by atoms with E-state index in [4.69, 9.17) is 10.5 Å². The van der Waals surface area contributed by atoms with Gasteiger partial charge in [0.25, 0.3) is 0 Å². The molecule has 2 N–H and O–H groups in total. The molecular weight excluding hydrogens is 318 g/mol. The van der Waals surface area contributed by atoms with Gasteiger partial charge < -0.3 is 10.5 Å². The summed E-state index contributed by atoms with van der Waals surface area (Å²) in [4.78, 5) is 7.91. The van der Waals surface area contributed by atoms with E-state index in [-0.39, 0.29) is 0 Å². The Morgan fingerprint density at radius 2 is 1.96 bits per heavy atom. The van der Waals surface area contributed by atoms with E-state index in [1.54, 1.807) is 11.3 Å². The summed E-state index contributed by atoms with van der Waals surface area (Å²) in [5, 5.41) is 0. The summed E-state index contributed by atoms with van der Waals surface area (Å²) < 4.78 is 6.05. The molecule has 3 rings (SSSR count). The van der Waals surface area contributed by atoms with E-state index in [1.165, 1.54) is 10.4 Å². The zero-order valence-electron chi connectivity index (χ0n) is 14.7. The maximum absolute atomic E-state index is 6.05. The molecule has 1 atom stereocenters. The smallest absolute Gasteiger partial charge is 0.0794 e.